The van der Waals surface area contributed by atoms with Crippen LogP contribution < -0.4 is 15.7 Å². The smallest absolute Gasteiger partial charge is 0.417 e. The Morgan fingerprint density at radius 2 is 1.81 bits per heavy atom. The molecule has 0 aliphatic carbocycles. The minimum absolute atomic E-state index is 0.0486. The first-order valence-corrected chi connectivity index (χ1v) is 8.71. The van der Waals surface area contributed by atoms with Gasteiger partial charge < -0.3 is 14.5 Å². The zero-order chi connectivity index (χ0) is 19.7. The van der Waals surface area contributed by atoms with E-state index < -0.39 is 17.4 Å². The molecular formula is C19H26F3NO3. The van der Waals surface area contributed by atoms with Crippen molar-refractivity contribution in [2.24, 2.45) is 0 Å². The van der Waals surface area contributed by atoms with Crippen molar-refractivity contribution >= 4 is 11.0 Å². The second kappa shape index (κ2) is 10.2. The first-order chi connectivity index (χ1) is 12.3. The van der Waals surface area contributed by atoms with Crippen molar-refractivity contribution in [1.82, 2.24) is 5.32 Å². The molecule has 7 heteroatoms. The number of likely N-dealkylation sites (N-methyl/N-ethyl adjacent to an activating group) is 1. The molecule has 0 saturated heterocycles. The van der Waals surface area contributed by atoms with Gasteiger partial charge in [-0.25, -0.2) is 4.79 Å². The average molecular weight is 373 g/mol. The van der Waals surface area contributed by atoms with Crippen molar-refractivity contribution in [2.75, 3.05) is 20.2 Å². The van der Waals surface area contributed by atoms with Gasteiger partial charge in [0.15, 0.2) is 0 Å². The second-order valence-electron chi connectivity index (χ2n) is 5.71. The molecule has 0 unspecified atom stereocenters. The summed E-state index contributed by atoms with van der Waals surface area (Å²) >= 11 is 0. The second-order valence-corrected chi connectivity index (χ2v) is 5.71. The molecule has 2 rings (SSSR count). The number of hydrogen-bond acceptors (Lipinski definition) is 4. The molecule has 1 aromatic carbocycles. The molecule has 0 fully saturated rings. The Bertz CT molecular complexity index is 752. The summed E-state index contributed by atoms with van der Waals surface area (Å²) in [6.45, 7) is 7.07. The summed E-state index contributed by atoms with van der Waals surface area (Å²) in [7, 11) is 1.38. The fourth-order valence-corrected chi connectivity index (χ4v) is 2.29. The molecular weight excluding hydrogens is 347 g/mol. The maximum absolute atomic E-state index is 13.4. The lowest BCUT2D eigenvalue weighted by Crippen LogP contribution is -2.24. The van der Waals surface area contributed by atoms with E-state index in [-0.39, 0.29) is 29.5 Å². The highest BCUT2D eigenvalue weighted by atomic mass is 19.4. The van der Waals surface area contributed by atoms with Crippen LogP contribution in [0.25, 0.3) is 11.0 Å². The van der Waals surface area contributed by atoms with E-state index >= 15 is 0 Å². The molecule has 0 aliphatic rings. The maximum atomic E-state index is 13.4. The van der Waals surface area contributed by atoms with Crippen molar-refractivity contribution in [3.05, 3.63) is 39.7 Å². The van der Waals surface area contributed by atoms with Gasteiger partial charge in [0.05, 0.1) is 18.2 Å². The Balaban J connectivity index is 0.000000765. The zero-order valence-electron chi connectivity index (χ0n) is 15.6. The molecule has 1 N–H and O–H groups in total. The molecule has 1 aromatic heterocycles. The Labute approximate surface area is 151 Å². The summed E-state index contributed by atoms with van der Waals surface area (Å²) in [5.41, 5.74) is -2.39. The molecule has 0 radical (unpaired) electrons. The van der Waals surface area contributed by atoms with Crippen LogP contribution in [-0.4, -0.2) is 20.2 Å². The number of unbranched alkanes of at least 4 members (excludes halogenated alkanes) is 1. The summed E-state index contributed by atoms with van der Waals surface area (Å²) in [6, 6.07) is 3.95. The van der Waals surface area contributed by atoms with Crippen LogP contribution in [0.1, 0.15) is 44.7 Å². The van der Waals surface area contributed by atoms with E-state index in [0.29, 0.717) is 12.3 Å². The van der Waals surface area contributed by atoms with Gasteiger partial charge in [0, 0.05) is 11.5 Å². The van der Waals surface area contributed by atoms with Crippen LogP contribution in [-0.2, 0) is 12.6 Å². The molecule has 0 bridgehead atoms. The SMILES string of the molecule is CCCC.CCNCCc1c(C(F)(F)F)c2ccc(OC)cc2oc1=O. The molecule has 146 valence electrons. The monoisotopic (exact) mass is 373 g/mol. The Morgan fingerprint density at radius 1 is 1.15 bits per heavy atom. The summed E-state index contributed by atoms with van der Waals surface area (Å²) in [5.74, 6) is 0.323. The van der Waals surface area contributed by atoms with E-state index in [4.69, 9.17) is 9.15 Å². The van der Waals surface area contributed by atoms with Gasteiger partial charge >= 0.3 is 11.8 Å². The molecule has 0 amide bonds. The van der Waals surface area contributed by atoms with Crippen LogP contribution in [0.3, 0.4) is 0 Å². The lowest BCUT2D eigenvalue weighted by atomic mass is 10.0. The maximum Gasteiger partial charge on any atom is 0.417 e. The third kappa shape index (κ3) is 5.76. The molecule has 0 spiro atoms. The summed E-state index contributed by atoms with van der Waals surface area (Å²) in [5, 5.41) is 2.76. The largest absolute Gasteiger partial charge is 0.497 e. The van der Waals surface area contributed by atoms with Gasteiger partial charge in [-0.1, -0.05) is 33.6 Å². The van der Waals surface area contributed by atoms with Gasteiger partial charge in [-0.15, -0.1) is 0 Å². The number of alkyl halides is 3. The van der Waals surface area contributed by atoms with Gasteiger partial charge in [0.1, 0.15) is 11.3 Å². The van der Waals surface area contributed by atoms with Crippen LogP contribution in [0.2, 0.25) is 0 Å². The van der Waals surface area contributed by atoms with Gasteiger partial charge in [0.2, 0.25) is 0 Å². The van der Waals surface area contributed by atoms with E-state index in [1.807, 2.05) is 6.92 Å². The highest BCUT2D eigenvalue weighted by molar-refractivity contribution is 5.83. The predicted octanol–water partition coefficient (Wildman–Crippen LogP) is 4.78. The fraction of sp³-hybridized carbons (Fsp3) is 0.526. The third-order valence-corrected chi connectivity index (χ3v) is 3.79. The Morgan fingerprint density at radius 3 is 2.31 bits per heavy atom. The molecule has 1 heterocycles. The van der Waals surface area contributed by atoms with E-state index in [1.54, 1.807) is 0 Å². The van der Waals surface area contributed by atoms with E-state index in [1.165, 1.54) is 38.2 Å². The lowest BCUT2D eigenvalue weighted by molar-refractivity contribution is -0.137. The topological polar surface area (TPSA) is 51.5 Å². The Hall–Kier alpha value is -2.02. The van der Waals surface area contributed by atoms with E-state index in [0.717, 1.165) is 0 Å². The standard InChI is InChI=1S/C15H16F3NO3.C4H10/c1-3-19-7-6-11-13(15(16,17)18)10-5-4-9(21-2)8-12(10)22-14(11)20;1-3-4-2/h4-5,8,19H,3,6-7H2,1-2H3;3-4H2,1-2H3. The lowest BCUT2D eigenvalue weighted by Gasteiger charge is -2.15. The number of methoxy groups -OCH3 is 1. The first-order valence-electron chi connectivity index (χ1n) is 8.71. The number of fused-ring (bicyclic) bond motifs is 1. The van der Waals surface area contributed by atoms with Crippen LogP contribution in [0.4, 0.5) is 13.2 Å². The number of benzene rings is 1. The highest BCUT2D eigenvalue weighted by Crippen LogP contribution is 2.37. The van der Waals surface area contributed by atoms with Crippen LogP contribution in [0, 0.1) is 0 Å². The van der Waals surface area contributed by atoms with E-state index in [9.17, 15) is 18.0 Å². The van der Waals surface area contributed by atoms with Crippen LogP contribution in [0.5, 0.6) is 5.75 Å². The number of rotatable bonds is 6. The average Bonchev–Trinajstić information content (AvgIpc) is 2.60. The minimum Gasteiger partial charge on any atom is -0.497 e. The van der Waals surface area contributed by atoms with Crippen molar-refractivity contribution in [3.63, 3.8) is 0 Å². The third-order valence-electron chi connectivity index (χ3n) is 3.79. The van der Waals surface area contributed by atoms with Crippen LogP contribution in [0.15, 0.2) is 27.4 Å². The fourth-order valence-electron chi connectivity index (χ4n) is 2.29. The van der Waals surface area contributed by atoms with Gasteiger partial charge in [-0.05, 0) is 31.6 Å². The minimum atomic E-state index is -4.63. The van der Waals surface area contributed by atoms with Gasteiger partial charge in [-0.2, -0.15) is 13.2 Å². The van der Waals surface area contributed by atoms with Crippen molar-refractivity contribution in [1.29, 1.82) is 0 Å². The molecule has 4 nitrogen and oxygen atoms in total. The number of nitrogens with one attached hydrogen (secondary N) is 1. The molecule has 0 aliphatic heterocycles. The Kier molecular flexibility index (Phi) is 8.65. The number of halogens is 3. The molecule has 2 aromatic rings. The molecule has 26 heavy (non-hydrogen) atoms. The molecule has 0 atom stereocenters. The van der Waals surface area contributed by atoms with E-state index in [2.05, 4.69) is 19.2 Å². The predicted molar refractivity (Wildman–Crippen MR) is 96.9 cm³/mol. The highest BCUT2D eigenvalue weighted by Gasteiger charge is 2.37. The van der Waals surface area contributed by atoms with Crippen molar-refractivity contribution in [2.45, 2.75) is 46.2 Å². The number of hydrogen-bond donors (Lipinski definition) is 1. The number of ether oxygens (including phenoxy) is 1. The summed E-state index contributed by atoms with van der Waals surface area (Å²) < 4.78 is 50.2. The summed E-state index contributed by atoms with van der Waals surface area (Å²) in [4.78, 5) is 12.0. The van der Waals surface area contributed by atoms with Crippen molar-refractivity contribution in [3.8, 4) is 5.75 Å². The normalized spacial score (nSPS) is 11.2. The summed E-state index contributed by atoms with van der Waals surface area (Å²) in [6.07, 6.45) is -2.04. The van der Waals surface area contributed by atoms with Gasteiger partial charge in [0.25, 0.3) is 0 Å². The first kappa shape index (κ1) is 22.0. The van der Waals surface area contributed by atoms with Gasteiger partial charge in [-0.3, -0.25) is 0 Å². The van der Waals surface area contributed by atoms with Crippen molar-refractivity contribution < 1.29 is 22.3 Å². The quantitative estimate of drug-likeness (QED) is 0.585. The van der Waals surface area contributed by atoms with Crippen LogP contribution >= 0.6 is 0 Å². The molecule has 0 saturated carbocycles. The zero-order valence-corrected chi connectivity index (χ0v) is 15.6.